The highest BCUT2D eigenvalue weighted by Gasteiger charge is 2.48. The molecule has 5 rings (SSSR count). The Hall–Kier alpha value is -2.86. The minimum atomic E-state index is -4.01. The van der Waals surface area contributed by atoms with Crippen LogP contribution in [0.1, 0.15) is 40.4 Å². The zero-order chi connectivity index (χ0) is 20.3. The maximum absolute atomic E-state index is 13.7. The van der Waals surface area contributed by atoms with E-state index in [4.69, 9.17) is 0 Å². The van der Waals surface area contributed by atoms with Crippen molar-refractivity contribution in [3.05, 3.63) is 78.0 Å². The van der Waals surface area contributed by atoms with Crippen molar-refractivity contribution in [1.82, 2.24) is 8.87 Å². The maximum Gasteiger partial charge on any atom is 0.270 e. The Bertz CT molecular complexity index is 1260. The zero-order valence-corrected chi connectivity index (χ0v) is 17.0. The lowest BCUT2D eigenvalue weighted by atomic mass is 9.83. The van der Waals surface area contributed by atoms with Gasteiger partial charge in [-0.15, -0.1) is 6.58 Å². The summed E-state index contributed by atoms with van der Waals surface area (Å²) in [6, 6.07) is 13.8. The normalized spacial score (nSPS) is 21.3. The quantitative estimate of drug-likeness (QED) is 0.612. The highest BCUT2D eigenvalue weighted by Crippen LogP contribution is 2.46. The number of rotatable bonds is 3. The molecule has 1 aromatic heterocycles. The van der Waals surface area contributed by atoms with E-state index < -0.39 is 22.0 Å². The molecule has 2 atom stereocenters. The van der Waals surface area contributed by atoms with Gasteiger partial charge in [0.25, 0.3) is 15.9 Å². The maximum atomic E-state index is 13.7. The third kappa shape index (κ3) is 2.45. The van der Waals surface area contributed by atoms with Crippen molar-refractivity contribution >= 4 is 26.8 Å². The van der Waals surface area contributed by atoms with E-state index in [1.807, 2.05) is 31.2 Å². The van der Waals surface area contributed by atoms with Gasteiger partial charge in [-0.3, -0.25) is 4.79 Å². The molecule has 0 saturated carbocycles. The molecule has 6 heteroatoms. The number of benzene rings is 2. The van der Waals surface area contributed by atoms with E-state index in [0.717, 1.165) is 45.9 Å². The van der Waals surface area contributed by atoms with Crippen LogP contribution in [0.4, 0.5) is 0 Å². The van der Waals surface area contributed by atoms with Crippen LogP contribution >= 0.6 is 0 Å². The SMILES string of the molecule is C=C[C@H]1[C@H]2CCCn3c2c(c2ccccc23)C(=O)N1S(=O)(=O)c1ccc(C)cc1. The van der Waals surface area contributed by atoms with Crippen LogP contribution in [0.25, 0.3) is 10.9 Å². The van der Waals surface area contributed by atoms with Crippen molar-refractivity contribution in [2.75, 3.05) is 0 Å². The molecule has 2 aliphatic heterocycles. The second-order valence-corrected chi connectivity index (χ2v) is 9.64. The first-order valence-electron chi connectivity index (χ1n) is 9.84. The third-order valence-corrected chi connectivity index (χ3v) is 7.97. The molecule has 148 valence electrons. The van der Waals surface area contributed by atoms with Gasteiger partial charge in [-0.2, -0.15) is 0 Å². The summed E-state index contributed by atoms with van der Waals surface area (Å²) in [6.07, 6.45) is 3.38. The zero-order valence-electron chi connectivity index (χ0n) is 16.2. The molecule has 2 aromatic carbocycles. The number of sulfonamides is 1. The lowest BCUT2D eigenvalue weighted by molar-refractivity contribution is 0.0796. The largest absolute Gasteiger partial charge is 0.343 e. The van der Waals surface area contributed by atoms with E-state index in [1.54, 1.807) is 30.3 Å². The molecule has 0 fully saturated rings. The molecule has 0 spiro atoms. The van der Waals surface area contributed by atoms with Crippen molar-refractivity contribution in [2.45, 2.75) is 43.2 Å². The standard InChI is InChI=1S/C23H22N2O3S/c1-3-19-18-8-6-14-24-20-9-5-4-7-17(20)21(22(18)24)23(26)25(19)29(27,28)16-12-10-15(2)11-13-16/h3-5,7,9-13,18-19H,1,6,8,14H2,2H3/t18-,19+/m1/s1. The molecule has 0 radical (unpaired) electrons. The number of aromatic nitrogens is 1. The molecule has 0 unspecified atom stereocenters. The topological polar surface area (TPSA) is 59.4 Å². The molecule has 0 bridgehead atoms. The van der Waals surface area contributed by atoms with Gasteiger partial charge < -0.3 is 4.57 Å². The summed E-state index contributed by atoms with van der Waals surface area (Å²) in [5, 5.41) is 0.825. The van der Waals surface area contributed by atoms with E-state index in [1.165, 1.54) is 0 Å². The number of amides is 1. The fourth-order valence-electron chi connectivity index (χ4n) is 4.88. The average Bonchev–Trinajstić information content (AvgIpc) is 3.06. The Labute approximate surface area is 170 Å². The summed E-state index contributed by atoms with van der Waals surface area (Å²) in [5.74, 6) is -0.542. The third-order valence-electron chi connectivity index (χ3n) is 6.18. The van der Waals surface area contributed by atoms with Crippen molar-refractivity contribution in [3.63, 3.8) is 0 Å². The molecule has 0 saturated heterocycles. The van der Waals surface area contributed by atoms with Crippen LogP contribution in [-0.4, -0.2) is 29.2 Å². The smallest absolute Gasteiger partial charge is 0.270 e. The number of nitrogens with zero attached hydrogens (tertiary/aromatic N) is 2. The van der Waals surface area contributed by atoms with Crippen LogP contribution in [0.3, 0.4) is 0 Å². The minimum Gasteiger partial charge on any atom is -0.343 e. The Balaban J connectivity index is 1.77. The van der Waals surface area contributed by atoms with Crippen LogP contribution in [0, 0.1) is 6.92 Å². The number of carbonyl (C=O) groups excluding carboxylic acids is 1. The predicted octanol–water partition coefficient (Wildman–Crippen LogP) is 4.23. The summed E-state index contributed by atoms with van der Waals surface area (Å²) < 4.78 is 30.4. The van der Waals surface area contributed by atoms with Gasteiger partial charge in [0.2, 0.25) is 0 Å². The van der Waals surface area contributed by atoms with Crippen molar-refractivity contribution in [2.24, 2.45) is 0 Å². The van der Waals surface area contributed by atoms with Crippen LogP contribution in [0.2, 0.25) is 0 Å². The molecule has 1 amide bonds. The van der Waals surface area contributed by atoms with Gasteiger partial charge in [0.05, 0.1) is 16.5 Å². The van der Waals surface area contributed by atoms with Crippen LogP contribution in [-0.2, 0) is 16.6 Å². The molecule has 3 heterocycles. The molecule has 0 N–H and O–H groups in total. The molecular weight excluding hydrogens is 384 g/mol. The second-order valence-electron chi connectivity index (χ2n) is 7.82. The molecule has 0 aliphatic carbocycles. The van der Waals surface area contributed by atoms with E-state index in [0.29, 0.717) is 5.56 Å². The van der Waals surface area contributed by atoms with Crippen LogP contribution in [0.5, 0.6) is 0 Å². The van der Waals surface area contributed by atoms with Crippen LogP contribution in [0.15, 0.2) is 66.1 Å². The summed E-state index contributed by atoms with van der Waals surface area (Å²) in [7, 11) is -4.01. The molecule has 5 nitrogen and oxygen atoms in total. The summed E-state index contributed by atoms with van der Waals surface area (Å²) in [5.41, 5.74) is 3.45. The number of hydrogen-bond donors (Lipinski definition) is 0. The van der Waals surface area contributed by atoms with E-state index in [-0.39, 0.29) is 10.8 Å². The van der Waals surface area contributed by atoms with Gasteiger partial charge in [-0.25, -0.2) is 12.7 Å². The minimum absolute atomic E-state index is 0.0819. The fraction of sp³-hybridized carbons (Fsp3) is 0.261. The Morgan fingerprint density at radius 2 is 1.83 bits per heavy atom. The van der Waals surface area contributed by atoms with Gasteiger partial charge in [0, 0.05) is 29.1 Å². The number of carbonyl (C=O) groups is 1. The van der Waals surface area contributed by atoms with E-state index in [2.05, 4.69) is 11.1 Å². The van der Waals surface area contributed by atoms with Gasteiger partial charge in [-0.1, -0.05) is 42.0 Å². The van der Waals surface area contributed by atoms with E-state index in [9.17, 15) is 13.2 Å². The predicted molar refractivity (Wildman–Crippen MR) is 112 cm³/mol. The first kappa shape index (κ1) is 18.2. The van der Waals surface area contributed by atoms with Gasteiger partial charge in [0.1, 0.15) is 0 Å². The number of para-hydroxylation sites is 1. The Kier molecular flexibility index (Phi) is 3.96. The lowest BCUT2D eigenvalue weighted by Gasteiger charge is -2.41. The Morgan fingerprint density at radius 1 is 1.10 bits per heavy atom. The van der Waals surface area contributed by atoms with Crippen LogP contribution < -0.4 is 0 Å². The summed E-state index contributed by atoms with van der Waals surface area (Å²) >= 11 is 0. The van der Waals surface area contributed by atoms with Crippen molar-refractivity contribution in [3.8, 4) is 0 Å². The monoisotopic (exact) mass is 406 g/mol. The number of hydrogen-bond acceptors (Lipinski definition) is 3. The van der Waals surface area contributed by atoms with Gasteiger partial charge in [0.15, 0.2) is 0 Å². The highest BCUT2D eigenvalue weighted by molar-refractivity contribution is 7.89. The highest BCUT2D eigenvalue weighted by atomic mass is 32.2. The van der Waals surface area contributed by atoms with Crippen molar-refractivity contribution in [1.29, 1.82) is 0 Å². The van der Waals surface area contributed by atoms with E-state index >= 15 is 0 Å². The lowest BCUT2D eigenvalue weighted by Crippen LogP contribution is -2.51. The molecule has 29 heavy (non-hydrogen) atoms. The summed E-state index contributed by atoms with van der Waals surface area (Å²) in [6.45, 7) is 6.64. The first-order valence-corrected chi connectivity index (χ1v) is 11.3. The summed E-state index contributed by atoms with van der Waals surface area (Å²) in [4.78, 5) is 13.8. The fourth-order valence-corrected chi connectivity index (χ4v) is 6.45. The van der Waals surface area contributed by atoms with Gasteiger partial charge >= 0.3 is 0 Å². The average molecular weight is 407 g/mol. The first-order chi connectivity index (χ1) is 13.9. The number of aryl methyl sites for hydroxylation is 2. The number of fused-ring (bicyclic) bond motifs is 3. The van der Waals surface area contributed by atoms with Gasteiger partial charge in [-0.05, 0) is 38.0 Å². The van der Waals surface area contributed by atoms with Crippen molar-refractivity contribution < 1.29 is 13.2 Å². The molecule has 2 aliphatic rings. The molecular formula is C23H22N2O3S. The molecule has 3 aromatic rings. The second kappa shape index (κ2) is 6.32. The Morgan fingerprint density at radius 3 is 2.55 bits per heavy atom.